The van der Waals surface area contributed by atoms with Crippen molar-refractivity contribution < 1.29 is 0 Å². The van der Waals surface area contributed by atoms with Crippen LogP contribution < -0.4 is 0 Å². The molecule has 0 saturated carbocycles. The third-order valence-corrected chi connectivity index (χ3v) is 4.31. The Labute approximate surface area is 123 Å². The zero-order chi connectivity index (χ0) is 14.3. The summed E-state index contributed by atoms with van der Waals surface area (Å²) < 4.78 is 0. The molecule has 0 aromatic heterocycles. The summed E-state index contributed by atoms with van der Waals surface area (Å²) in [6, 6.07) is 0. The summed E-state index contributed by atoms with van der Waals surface area (Å²) >= 11 is 0. The van der Waals surface area contributed by atoms with Crippen LogP contribution >= 0.6 is 0 Å². The summed E-state index contributed by atoms with van der Waals surface area (Å²) in [6.45, 7) is 10.9. The Kier molecular flexibility index (Phi) is 14.0. The lowest BCUT2D eigenvalue weighted by molar-refractivity contribution is 0.417. The van der Waals surface area contributed by atoms with Crippen molar-refractivity contribution in [1.29, 1.82) is 0 Å². The van der Waals surface area contributed by atoms with E-state index in [4.69, 9.17) is 0 Å². The molecule has 0 amide bonds. The van der Waals surface area contributed by atoms with Gasteiger partial charge in [0.05, 0.1) is 0 Å². The van der Waals surface area contributed by atoms with E-state index in [1.165, 1.54) is 77.0 Å². The van der Waals surface area contributed by atoms with Crippen LogP contribution in [0.5, 0.6) is 0 Å². The Morgan fingerprint density at radius 3 is 1.68 bits per heavy atom. The molecule has 0 spiro atoms. The van der Waals surface area contributed by atoms with Gasteiger partial charge in [-0.15, -0.1) is 6.58 Å². The van der Waals surface area contributed by atoms with Gasteiger partial charge in [-0.25, -0.2) is 0 Å². The highest BCUT2D eigenvalue weighted by Crippen LogP contribution is 2.19. The van der Waals surface area contributed by atoms with Gasteiger partial charge in [-0.1, -0.05) is 91.1 Å². The maximum Gasteiger partial charge on any atom is -0.0351 e. The minimum atomic E-state index is 0.893. The Balaban J connectivity index is 3.26. The van der Waals surface area contributed by atoms with Crippen LogP contribution in [0.2, 0.25) is 0 Å². The highest BCUT2D eigenvalue weighted by molar-refractivity contribution is 4.68. The van der Waals surface area contributed by atoms with Gasteiger partial charge in [-0.2, -0.15) is 0 Å². The first-order valence-corrected chi connectivity index (χ1v) is 8.81. The van der Waals surface area contributed by atoms with Crippen LogP contribution in [0.25, 0.3) is 0 Å². The largest absolute Gasteiger partial charge is 0.103 e. The third kappa shape index (κ3) is 14.0. The number of rotatable bonds is 14. The van der Waals surface area contributed by atoms with Crippen molar-refractivity contribution >= 4 is 0 Å². The molecule has 0 heteroatoms. The summed E-state index contributed by atoms with van der Waals surface area (Å²) in [7, 11) is 0. The average molecular weight is 267 g/mol. The third-order valence-electron chi connectivity index (χ3n) is 4.31. The number of hydrogen-bond donors (Lipinski definition) is 0. The Morgan fingerprint density at radius 2 is 1.21 bits per heavy atom. The van der Waals surface area contributed by atoms with Crippen LogP contribution in [0.1, 0.15) is 97.8 Å². The summed E-state index contributed by atoms with van der Waals surface area (Å²) in [4.78, 5) is 0. The molecule has 0 aromatic rings. The molecule has 0 heterocycles. The standard InChI is InChI=1S/C19H38/c1-5-7-9-11-15-19(4)17-13-10-12-16-18(3)14-8-6-2/h6,18-19H,2,5,7-17H2,1,3-4H3/t18-,19+/m1/s1. The SMILES string of the molecule is C=CCC[C@@H](C)CCCCC[C@@H](C)CCCCCC. The second-order valence-electron chi connectivity index (χ2n) is 6.56. The van der Waals surface area contributed by atoms with E-state index in [0.29, 0.717) is 0 Å². The summed E-state index contributed by atoms with van der Waals surface area (Å²) in [5.41, 5.74) is 0. The first-order valence-electron chi connectivity index (χ1n) is 8.81. The molecule has 0 rings (SSSR count). The van der Waals surface area contributed by atoms with Crippen molar-refractivity contribution in [3.8, 4) is 0 Å². The fraction of sp³-hybridized carbons (Fsp3) is 0.895. The lowest BCUT2D eigenvalue weighted by atomic mass is 9.94. The van der Waals surface area contributed by atoms with E-state index in [0.717, 1.165) is 11.8 Å². The number of unbranched alkanes of at least 4 members (excludes halogenated alkanes) is 5. The lowest BCUT2D eigenvalue weighted by Crippen LogP contribution is -1.97. The van der Waals surface area contributed by atoms with Crippen molar-refractivity contribution in [3.63, 3.8) is 0 Å². The Hall–Kier alpha value is -0.260. The van der Waals surface area contributed by atoms with E-state index >= 15 is 0 Å². The predicted octanol–water partition coefficient (Wildman–Crippen LogP) is 7.15. The molecular weight excluding hydrogens is 228 g/mol. The average Bonchev–Trinajstić information content (AvgIpc) is 2.41. The van der Waals surface area contributed by atoms with Gasteiger partial charge in [-0.3, -0.25) is 0 Å². The molecule has 114 valence electrons. The second kappa shape index (κ2) is 14.2. The molecule has 0 nitrogen and oxygen atoms in total. The lowest BCUT2D eigenvalue weighted by Gasteiger charge is -2.12. The predicted molar refractivity (Wildman–Crippen MR) is 89.6 cm³/mol. The van der Waals surface area contributed by atoms with E-state index in [9.17, 15) is 0 Å². The molecule has 0 fully saturated rings. The second-order valence-corrected chi connectivity index (χ2v) is 6.56. The fourth-order valence-electron chi connectivity index (χ4n) is 2.77. The minimum Gasteiger partial charge on any atom is -0.103 e. The van der Waals surface area contributed by atoms with Crippen molar-refractivity contribution in [2.75, 3.05) is 0 Å². The molecule has 0 bridgehead atoms. The van der Waals surface area contributed by atoms with Crippen LogP contribution in [0.15, 0.2) is 12.7 Å². The molecule has 0 radical (unpaired) electrons. The van der Waals surface area contributed by atoms with E-state index in [-0.39, 0.29) is 0 Å². The van der Waals surface area contributed by atoms with Crippen molar-refractivity contribution in [1.82, 2.24) is 0 Å². The molecule has 19 heavy (non-hydrogen) atoms. The fourth-order valence-corrected chi connectivity index (χ4v) is 2.77. The Morgan fingerprint density at radius 1 is 0.737 bits per heavy atom. The van der Waals surface area contributed by atoms with Crippen LogP contribution in [0.3, 0.4) is 0 Å². The topological polar surface area (TPSA) is 0 Å². The molecule has 2 atom stereocenters. The maximum absolute atomic E-state index is 3.80. The van der Waals surface area contributed by atoms with Gasteiger partial charge in [-0.05, 0) is 24.7 Å². The highest BCUT2D eigenvalue weighted by atomic mass is 14.1. The van der Waals surface area contributed by atoms with E-state index in [1.54, 1.807) is 0 Å². The normalized spacial score (nSPS) is 14.3. The van der Waals surface area contributed by atoms with Crippen molar-refractivity contribution in [2.24, 2.45) is 11.8 Å². The van der Waals surface area contributed by atoms with Crippen LogP contribution in [-0.2, 0) is 0 Å². The van der Waals surface area contributed by atoms with Crippen LogP contribution in [0, 0.1) is 11.8 Å². The van der Waals surface area contributed by atoms with Gasteiger partial charge in [0.2, 0.25) is 0 Å². The van der Waals surface area contributed by atoms with E-state index in [1.807, 2.05) is 0 Å². The van der Waals surface area contributed by atoms with Crippen LogP contribution in [0.4, 0.5) is 0 Å². The zero-order valence-corrected chi connectivity index (χ0v) is 13.9. The highest BCUT2D eigenvalue weighted by Gasteiger charge is 2.03. The summed E-state index contributed by atoms with van der Waals surface area (Å²) in [5.74, 6) is 1.85. The molecule has 0 N–H and O–H groups in total. The van der Waals surface area contributed by atoms with Gasteiger partial charge in [0, 0.05) is 0 Å². The van der Waals surface area contributed by atoms with Gasteiger partial charge >= 0.3 is 0 Å². The summed E-state index contributed by atoms with van der Waals surface area (Å²) in [5, 5.41) is 0. The molecule has 0 unspecified atom stereocenters. The van der Waals surface area contributed by atoms with E-state index in [2.05, 4.69) is 33.4 Å². The first kappa shape index (κ1) is 18.7. The van der Waals surface area contributed by atoms with Gasteiger partial charge in [0.25, 0.3) is 0 Å². The monoisotopic (exact) mass is 266 g/mol. The number of hydrogen-bond acceptors (Lipinski definition) is 0. The van der Waals surface area contributed by atoms with Crippen LogP contribution in [-0.4, -0.2) is 0 Å². The first-order chi connectivity index (χ1) is 9.20. The summed E-state index contributed by atoms with van der Waals surface area (Å²) in [6.07, 6.45) is 18.9. The molecular formula is C19H38. The molecule has 0 aliphatic carbocycles. The maximum atomic E-state index is 3.80. The van der Waals surface area contributed by atoms with Gasteiger partial charge in [0.1, 0.15) is 0 Å². The van der Waals surface area contributed by atoms with Crippen molar-refractivity contribution in [3.05, 3.63) is 12.7 Å². The van der Waals surface area contributed by atoms with E-state index < -0.39 is 0 Å². The molecule has 0 aliphatic rings. The molecule has 0 aliphatic heterocycles. The smallest absolute Gasteiger partial charge is 0.0351 e. The number of allylic oxidation sites excluding steroid dienone is 1. The van der Waals surface area contributed by atoms with Gasteiger partial charge < -0.3 is 0 Å². The molecule has 0 aromatic carbocycles. The minimum absolute atomic E-state index is 0.893. The zero-order valence-electron chi connectivity index (χ0n) is 13.9. The van der Waals surface area contributed by atoms with Gasteiger partial charge in [0.15, 0.2) is 0 Å². The Bertz CT molecular complexity index is 182. The molecule has 0 saturated heterocycles. The quantitative estimate of drug-likeness (QED) is 0.231. The van der Waals surface area contributed by atoms with Crippen molar-refractivity contribution in [2.45, 2.75) is 97.8 Å².